The molecule has 0 radical (unpaired) electrons. The van der Waals surface area contributed by atoms with E-state index in [1.807, 2.05) is 0 Å². The van der Waals surface area contributed by atoms with Gasteiger partial charge in [-0.3, -0.25) is 0 Å². The molecule has 0 aliphatic carbocycles. The van der Waals surface area contributed by atoms with E-state index in [1.54, 1.807) is 0 Å². The van der Waals surface area contributed by atoms with E-state index in [4.69, 9.17) is 0 Å². The number of anilines is 2. The number of hydrogen-bond acceptors (Lipinski definition) is 2. The van der Waals surface area contributed by atoms with Gasteiger partial charge in [-0.25, -0.2) is 0 Å². The molecule has 2 aromatic carbocycles. The minimum absolute atomic E-state index is 0.0899. The fourth-order valence-corrected chi connectivity index (χ4v) is 4.05. The molecule has 2 heteroatoms. The molecule has 0 aliphatic rings. The number of hydrogen-bond donors (Lipinski definition) is 0. The molecule has 0 aromatic heterocycles. The number of aryl methyl sites for hydroxylation is 4. The molecule has 0 unspecified atom stereocenters. The van der Waals surface area contributed by atoms with Gasteiger partial charge in [0.05, 0.1) is 11.1 Å². The number of likely N-dealkylation sites (N-methyl/N-ethyl adjacent to an activating group) is 2. The molecule has 0 saturated carbocycles. The lowest BCUT2D eigenvalue weighted by atomic mass is 9.78. The summed E-state index contributed by atoms with van der Waals surface area (Å²) in [6, 6.07) is 13.1. The molecule has 2 aromatic rings. The van der Waals surface area contributed by atoms with Gasteiger partial charge in [-0.05, 0) is 77.6 Å². The summed E-state index contributed by atoms with van der Waals surface area (Å²) in [5, 5.41) is 0. The van der Waals surface area contributed by atoms with Crippen molar-refractivity contribution in [1.82, 2.24) is 0 Å². The molecule has 0 atom stereocenters. The number of nitrogens with zero attached hydrogens (tertiary/aromatic N) is 2. The standard InChI is InChI=1S/C24H36N2/c1-17-13-11-14-18(2)21(17)25(9)23(5,6)24(7,8)26(10)22-19(3)15-12-16-20(22)4/h11-16H,1-10H3. The van der Waals surface area contributed by atoms with E-state index in [2.05, 4.69) is 116 Å². The second-order valence-corrected chi connectivity index (χ2v) is 8.72. The van der Waals surface area contributed by atoms with Crippen LogP contribution in [-0.4, -0.2) is 25.2 Å². The normalized spacial score (nSPS) is 12.2. The molecule has 0 fully saturated rings. The van der Waals surface area contributed by atoms with Crippen LogP contribution in [0.25, 0.3) is 0 Å². The van der Waals surface area contributed by atoms with Gasteiger partial charge in [-0.2, -0.15) is 0 Å². The Hall–Kier alpha value is -1.96. The van der Waals surface area contributed by atoms with Gasteiger partial charge in [0.1, 0.15) is 0 Å². The Bertz CT molecular complexity index is 679. The second kappa shape index (κ2) is 6.98. The molecular formula is C24H36N2. The van der Waals surface area contributed by atoms with Crippen LogP contribution in [0.2, 0.25) is 0 Å². The lowest BCUT2D eigenvalue weighted by Gasteiger charge is -2.54. The first-order valence-corrected chi connectivity index (χ1v) is 9.53. The van der Waals surface area contributed by atoms with Gasteiger partial charge in [0.25, 0.3) is 0 Å². The molecule has 0 N–H and O–H groups in total. The summed E-state index contributed by atoms with van der Waals surface area (Å²) in [5.41, 5.74) is 7.79. The summed E-state index contributed by atoms with van der Waals surface area (Å²) in [6.45, 7) is 18.2. The number of rotatable bonds is 5. The molecule has 0 aliphatic heterocycles. The van der Waals surface area contributed by atoms with Crippen molar-refractivity contribution in [3.8, 4) is 0 Å². The predicted molar refractivity (Wildman–Crippen MR) is 117 cm³/mol. The van der Waals surface area contributed by atoms with E-state index in [0.29, 0.717) is 0 Å². The number of para-hydroxylation sites is 2. The third-order valence-electron chi connectivity index (χ3n) is 6.72. The van der Waals surface area contributed by atoms with Crippen molar-refractivity contribution in [1.29, 1.82) is 0 Å². The van der Waals surface area contributed by atoms with Crippen molar-refractivity contribution in [3.63, 3.8) is 0 Å². The summed E-state index contributed by atoms with van der Waals surface area (Å²) in [6.07, 6.45) is 0. The molecule has 0 amide bonds. The summed E-state index contributed by atoms with van der Waals surface area (Å²) in [7, 11) is 4.46. The summed E-state index contributed by atoms with van der Waals surface area (Å²) < 4.78 is 0. The smallest absolute Gasteiger partial charge is 0.0568 e. The van der Waals surface area contributed by atoms with Crippen molar-refractivity contribution < 1.29 is 0 Å². The Balaban J connectivity index is 2.52. The third kappa shape index (κ3) is 3.22. The largest absolute Gasteiger partial charge is 0.367 e. The molecule has 26 heavy (non-hydrogen) atoms. The van der Waals surface area contributed by atoms with Gasteiger partial charge in [-0.1, -0.05) is 36.4 Å². The van der Waals surface area contributed by atoms with Gasteiger partial charge in [-0.15, -0.1) is 0 Å². The highest BCUT2D eigenvalue weighted by molar-refractivity contribution is 5.64. The van der Waals surface area contributed by atoms with Crippen LogP contribution in [0.1, 0.15) is 49.9 Å². The topological polar surface area (TPSA) is 6.48 Å². The predicted octanol–water partition coefficient (Wildman–Crippen LogP) is 6.05. The number of benzene rings is 2. The average molecular weight is 353 g/mol. The quantitative estimate of drug-likeness (QED) is 0.646. The second-order valence-electron chi connectivity index (χ2n) is 8.72. The van der Waals surface area contributed by atoms with Gasteiger partial charge in [0.15, 0.2) is 0 Å². The minimum atomic E-state index is -0.0899. The zero-order valence-corrected chi connectivity index (χ0v) is 18.4. The van der Waals surface area contributed by atoms with Crippen LogP contribution in [-0.2, 0) is 0 Å². The molecule has 0 heterocycles. The summed E-state index contributed by atoms with van der Waals surface area (Å²) >= 11 is 0. The minimum Gasteiger partial charge on any atom is -0.367 e. The van der Waals surface area contributed by atoms with Crippen LogP contribution in [0.4, 0.5) is 11.4 Å². The Labute approximate surface area is 160 Å². The highest BCUT2D eigenvalue weighted by Gasteiger charge is 2.44. The van der Waals surface area contributed by atoms with Crippen molar-refractivity contribution in [2.24, 2.45) is 0 Å². The van der Waals surface area contributed by atoms with Crippen LogP contribution < -0.4 is 9.80 Å². The summed E-state index contributed by atoms with van der Waals surface area (Å²) in [5.74, 6) is 0. The van der Waals surface area contributed by atoms with E-state index in [9.17, 15) is 0 Å². The molecule has 0 bridgehead atoms. The molecular weight excluding hydrogens is 316 g/mol. The highest BCUT2D eigenvalue weighted by atomic mass is 15.3. The van der Waals surface area contributed by atoms with Crippen molar-refractivity contribution >= 4 is 11.4 Å². The van der Waals surface area contributed by atoms with E-state index < -0.39 is 0 Å². The molecule has 2 nitrogen and oxygen atoms in total. The Morgan fingerprint density at radius 1 is 0.538 bits per heavy atom. The first-order valence-electron chi connectivity index (χ1n) is 9.53. The highest BCUT2D eigenvalue weighted by Crippen LogP contribution is 2.40. The van der Waals surface area contributed by atoms with Crippen molar-refractivity contribution in [3.05, 3.63) is 58.7 Å². The Kier molecular flexibility index (Phi) is 5.46. The van der Waals surface area contributed by atoms with Crippen LogP contribution in [0, 0.1) is 27.7 Å². The molecule has 2 rings (SSSR count). The maximum absolute atomic E-state index is 2.46. The van der Waals surface area contributed by atoms with Crippen LogP contribution in [0.5, 0.6) is 0 Å². The van der Waals surface area contributed by atoms with Gasteiger partial charge in [0, 0.05) is 25.5 Å². The first-order chi connectivity index (χ1) is 11.9. The van der Waals surface area contributed by atoms with Gasteiger partial charge >= 0.3 is 0 Å². The van der Waals surface area contributed by atoms with Gasteiger partial charge < -0.3 is 9.80 Å². The van der Waals surface area contributed by atoms with Crippen molar-refractivity contribution in [2.75, 3.05) is 23.9 Å². The lowest BCUT2D eigenvalue weighted by molar-refractivity contribution is 0.284. The average Bonchev–Trinajstić information content (AvgIpc) is 2.53. The maximum Gasteiger partial charge on any atom is 0.0568 e. The zero-order chi connectivity index (χ0) is 19.9. The van der Waals surface area contributed by atoms with E-state index in [0.717, 1.165) is 0 Å². The maximum atomic E-state index is 2.46. The van der Waals surface area contributed by atoms with E-state index in [1.165, 1.54) is 33.6 Å². The van der Waals surface area contributed by atoms with E-state index in [-0.39, 0.29) is 11.1 Å². The fourth-order valence-electron chi connectivity index (χ4n) is 4.05. The lowest BCUT2D eigenvalue weighted by Crippen LogP contribution is -2.64. The zero-order valence-electron chi connectivity index (χ0n) is 18.4. The third-order valence-corrected chi connectivity index (χ3v) is 6.72. The Morgan fingerprint density at radius 2 is 0.769 bits per heavy atom. The van der Waals surface area contributed by atoms with Crippen LogP contribution in [0.15, 0.2) is 36.4 Å². The van der Waals surface area contributed by atoms with Crippen molar-refractivity contribution in [2.45, 2.75) is 66.5 Å². The van der Waals surface area contributed by atoms with Gasteiger partial charge in [0.2, 0.25) is 0 Å². The first kappa shape index (κ1) is 20.4. The van der Waals surface area contributed by atoms with Crippen LogP contribution >= 0.6 is 0 Å². The monoisotopic (exact) mass is 352 g/mol. The summed E-state index contributed by atoms with van der Waals surface area (Å²) in [4.78, 5) is 4.92. The molecule has 142 valence electrons. The van der Waals surface area contributed by atoms with Crippen LogP contribution in [0.3, 0.4) is 0 Å². The van der Waals surface area contributed by atoms with E-state index >= 15 is 0 Å². The molecule has 0 saturated heterocycles. The Morgan fingerprint density at radius 3 is 1.00 bits per heavy atom. The molecule has 0 spiro atoms. The fraction of sp³-hybridized carbons (Fsp3) is 0.500. The SMILES string of the molecule is Cc1cccc(C)c1N(C)C(C)(C)C(C)(C)N(C)c1c(C)cccc1C.